The lowest BCUT2D eigenvalue weighted by Crippen LogP contribution is -2.22. The van der Waals surface area contributed by atoms with Crippen molar-refractivity contribution in [2.24, 2.45) is 0 Å². The Morgan fingerprint density at radius 3 is 2.70 bits per heavy atom. The van der Waals surface area contributed by atoms with Gasteiger partial charge >= 0.3 is 5.97 Å². The van der Waals surface area contributed by atoms with Gasteiger partial charge in [0.25, 0.3) is 0 Å². The summed E-state index contributed by atoms with van der Waals surface area (Å²) < 4.78 is 17.4. The summed E-state index contributed by atoms with van der Waals surface area (Å²) in [4.78, 5) is 12.1. The number of aryl methyl sites for hydroxylation is 1. The maximum absolute atomic E-state index is 12.1. The Bertz CT molecular complexity index is 828. The molecule has 1 atom stereocenters. The summed E-state index contributed by atoms with van der Waals surface area (Å²) in [5.41, 5.74) is 4.25. The summed E-state index contributed by atoms with van der Waals surface area (Å²) in [5, 5.41) is 0. The summed E-state index contributed by atoms with van der Waals surface area (Å²) >= 11 is 3.64. The lowest BCUT2D eigenvalue weighted by Gasteiger charge is -2.28. The minimum Gasteiger partial charge on any atom is -0.454 e. The van der Waals surface area contributed by atoms with E-state index < -0.39 is 0 Å². The van der Waals surface area contributed by atoms with Gasteiger partial charge in [0.05, 0.1) is 6.42 Å². The first kappa shape index (κ1) is 14.6. The molecule has 2 aromatic carbocycles. The summed E-state index contributed by atoms with van der Waals surface area (Å²) in [6.45, 7) is 4.29. The van der Waals surface area contributed by atoms with E-state index in [9.17, 15) is 4.79 Å². The Morgan fingerprint density at radius 2 is 1.87 bits per heavy atom. The molecule has 0 amide bonds. The van der Waals surface area contributed by atoms with Crippen molar-refractivity contribution in [1.82, 2.24) is 0 Å². The van der Waals surface area contributed by atoms with Crippen molar-refractivity contribution in [1.29, 1.82) is 0 Å². The molecule has 2 aliphatic rings. The van der Waals surface area contributed by atoms with E-state index in [0.29, 0.717) is 12.2 Å². The number of halogens is 1. The third-order valence-corrected chi connectivity index (χ3v) is 5.65. The monoisotopic (exact) mass is 374 g/mol. The minimum absolute atomic E-state index is 0.0438. The van der Waals surface area contributed by atoms with Gasteiger partial charge < -0.3 is 14.2 Å². The van der Waals surface area contributed by atoms with Gasteiger partial charge in [-0.05, 0) is 48.7 Å². The van der Waals surface area contributed by atoms with Crippen molar-refractivity contribution in [3.8, 4) is 17.2 Å². The molecule has 4 rings (SSSR count). The topological polar surface area (TPSA) is 44.8 Å². The van der Waals surface area contributed by atoms with Crippen LogP contribution < -0.4 is 14.2 Å². The number of hydrogen-bond acceptors (Lipinski definition) is 4. The van der Waals surface area contributed by atoms with Crippen LogP contribution in [-0.4, -0.2) is 12.8 Å². The van der Waals surface area contributed by atoms with Crippen LogP contribution in [0.2, 0.25) is 0 Å². The number of carbonyl (C=O) groups is 1. The maximum atomic E-state index is 12.1. The fraction of sp³-hybridized carbons (Fsp3) is 0.278. The largest absolute Gasteiger partial charge is 0.454 e. The molecule has 2 aliphatic heterocycles. The predicted octanol–water partition coefficient (Wildman–Crippen LogP) is 4.24. The van der Waals surface area contributed by atoms with Crippen LogP contribution in [0, 0.1) is 13.8 Å². The van der Waals surface area contributed by atoms with E-state index in [-0.39, 0.29) is 18.7 Å². The lowest BCUT2D eigenvalue weighted by molar-refractivity contribution is -0.135. The second-order valence-electron chi connectivity index (χ2n) is 5.89. The van der Waals surface area contributed by atoms with Gasteiger partial charge in [-0.15, -0.1) is 0 Å². The van der Waals surface area contributed by atoms with Gasteiger partial charge in [-0.3, -0.25) is 4.79 Å². The molecule has 4 nitrogen and oxygen atoms in total. The van der Waals surface area contributed by atoms with E-state index in [0.717, 1.165) is 38.2 Å². The normalized spacial score (nSPS) is 18.6. The van der Waals surface area contributed by atoms with Crippen molar-refractivity contribution >= 4 is 21.9 Å². The van der Waals surface area contributed by atoms with Crippen molar-refractivity contribution < 1.29 is 19.0 Å². The number of esters is 1. The van der Waals surface area contributed by atoms with Gasteiger partial charge in [-0.1, -0.05) is 22.0 Å². The average Bonchev–Trinajstić information content (AvgIpc) is 2.99. The fourth-order valence-corrected chi connectivity index (χ4v) is 3.63. The molecule has 0 saturated heterocycles. The zero-order valence-corrected chi connectivity index (χ0v) is 14.4. The molecule has 0 fully saturated rings. The van der Waals surface area contributed by atoms with E-state index in [1.54, 1.807) is 0 Å². The molecule has 0 unspecified atom stereocenters. The Morgan fingerprint density at radius 1 is 1.09 bits per heavy atom. The molecule has 0 bridgehead atoms. The van der Waals surface area contributed by atoms with Gasteiger partial charge in [0, 0.05) is 16.0 Å². The van der Waals surface area contributed by atoms with E-state index in [4.69, 9.17) is 14.2 Å². The van der Waals surface area contributed by atoms with Gasteiger partial charge in [0.2, 0.25) is 6.79 Å². The highest BCUT2D eigenvalue weighted by Crippen LogP contribution is 2.45. The first-order valence-electron chi connectivity index (χ1n) is 7.44. The Hall–Kier alpha value is -2.01. The highest BCUT2D eigenvalue weighted by atomic mass is 79.9. The molecule has 5 heteroatoms. The molecule has 23 heavy (non-hydrogen) atoms. The van der Waals surface area contributed by atoms with Crippen molar-refractivity contribution in [2.75, 3.05) is 6.79 Å². The van der Waals surface area contributed by atoms with Crippen LogP contribution in [-0.2, 0) is 4.79 Å². The molecular weight excluding hydrogens is 360 g/mol. The lowest BCUT2D eigenvalue weighted by atomic mass is 9.83. The molecule has 0 N–H and O–H groups in total. The summed E-state index contributed by atoms with van der Waals surface area (Å²) in [6.07, 6.45) is 0.322. The molecule has 2 aromatic rings. The molecule has 118 valence electrons. The second-order valence-corrected chi connectivity index (χ2v) is 6.68. The first-order valence-corrected chi connectivity index (χ1v) is 8.23. The van der Waals surface area contributed by atoms with Crippen molar-refractivity contribution in [3.63, 3.8) is 0 Å². The van der Waals surface area contributed by atoms with Crippen molar-refractivity contribution in [3.05, 3.63) is 51.0 Å². The van der Waals surface area contributed by atoms with Crippen molar-refractivity contribution in [2.45, 2.75) is 26.2 Å². The van der Waals surface area contributed by atoms with Gasteiger partial charge in [-0.25, -0.2) is 0 Å². The number of rotatable bonds is 1. The van der Waals surface area contributed by atoms with E-state index >= 15 is 0 Å². The van der Waals surface area contributed by atoms with E-state index in [1.807, 2.05) is 31.2 Å². The molecule has 0 radical (unpaired) electrons. The van der Waals surface area contributed by atoms with Crippen LogP contribution in [0.1, 0.15) is 34.6 Å². The molecule has 0 aliphatic carbocycles. The van der Waals surface area contributed by atoms with Crippen LogP contribution in [0.15, 0.2) is 28.7 Å². The number of carbonyl (C=O) groups excluding carboxylic acids is 1. The highest BCUT2D eigenvalue weighted by molar-refractivity contribution is 9.10. The van der Waals surface area contributed by atoms with E-state index in [1.165, 1.54) is 0 Å². The Kier molecular flexibility index (Phi) is 3.34. The first-order chi connectivity index (χ1) is 11.0. The smallest absolute Gasteiger partial charge is 0.312 e. The number of benzene rings is 2. The summed E-state index contributed by atoms with van der Waals surface area (Å²) in [7, 11) is 0. The Labute approximate surface area is 142 Å². The quantitative estimate of drug-likeness (QED) is 0.553. The standard InChI is InChI=1S/C18H15BrO4/c1-9-5-15-17(10(2)18(9)19)12(7-16(20)23-15)11-3-4-13-14(6-11)22-8-21-13/h3-6,12H,7-8H2,1-2H3/t12-/m1/s1. The molecule has 2 heterocycles. The SMILES string of the molecule is Cc1cc2c(c(C)c1Br)[C@@H](c1ccc3c(c1)OCO3)CC(=O)O2. The van der Waals surface area contributed by atoms with Gasteiger partial charge in [0.1, 0.15) is 5.75 Å². The number of fused-ring (bicyclic) bond motifs is 2. The van der Waals surface area contributed by atoms with Crippen LogP contribution in [0.5, 0.6) is 17.2 Å². The summed E-state index contributed by atoms with van der Waals surface area (Å²) in [6, 6.07) is 7.77. The van der Waals surface area contributed by atoms with Crippen LogP contribution in [0.3, 0.4) is 0 Å². The minimum atomic E-state index is -0.207. The van der Waals surface area contributed by atoms with Crippen LogP contribution >= 0.6 is 15.9 Å². The third-order valence-electron chi connectivity index (χ3n) is 4.43. The van der Waals surface area contributed by atoms with Crippen LogP contribution in [0.25, 0.3) is 0 Å². The zero-order chi connectivity index (χ0) is 16.1. The maximum Gasteiger partial charge on any atom is 0.312 e. The third kappa shape index (κ3) is 2.30. The Balaban J connectivity index is 1.88. The second kappa shape index (κ2) is 5.27. The van der Waals surface area contributed by atoms with Gasteiger partial charge in [-0.2, -0.15) is 0 Å². The van der Waals surface area contributed by atoms with Gasteiger partial charge in [0.15, 0.2) is 11.5 Å². The van der Waals surface area contributed by atoms with Crippen LogP contribution in [0.4, 0.5) is 0 Å². The fourth-order valence-electron chi connectivity index (χ4n) is 3.30. The molecule has 0 aromatic heterocycles. The molecule has 0 saturated carbocycles. The molecular formula is C18H15BrO4. The predicted molar refractivity (Wildman–Crippen MR) is 88.3 cm³/mol. The molecule has 0 spiro atoms. The summed E-state index contributed by atoms with van der Waals surface area (Å²) in [5.74, 6) is 1.88. The van der Waals surface area contributed by atoms with E-state index in [2.05, 4.69) is 22.9 Å². The highest BCUT2D eigenvalue weighted by Gasteiger charge is 2.32. The number of hydrogen-bond donors (Lipinski definition) is 0. The average molecular weight is 375 g/mol. The zero-order valence-electron chi connectivity index (χ0n) is 12.8. The number of ether oxygens (including phenoxy) is 3.